The number of hydrogen-bond acceptors (Lipinski definition) is 4. The third kappa shape index (κ3) is 3.75. The number of nitrogens with zero attached hydrogens (tertiary/aromatic N) is 2. The maximum Gasteiger partial charge on any atom is 0.266 e. The third-order valence-corrected chi connectivity index (χ3v) is 5.37. The largest absolute Gasteiger partial charge is 0.495 e. The van der Waals surface area contributed by atoms with Crippen LogP contribution in [0.1, 0.15) is 19.8 Å². The van der Waals surface area contributed by atoms with Gasteiger partial charge in [0.15, 0.2) is 5.16 Å². The molecule has 25 heavy (non-hydrogen) atoms. The van der Waals surface area contributed by atoms with Crippen molar-refractivity contribution in [3.63, 3.8) is 0 Å². The van der Waals surface area contributed by atoms with Gasteiger partial charge in [-0.25, -0.2) is 4.98 Å². The third-order valence-electron chi connectivity index (χ3n) is 3.85. The molecule has 2 aromatic carbocycles. The summed E-state index contributed by atoms with van der Waals surface area (Å²) in [7, 11) is 1.61. The fourth-order valence-electron chi connectivity index (χ4n) is 2.57. The van der Waals surface area contributed by atoms with E-state index in [1.54, 1.807) is 23.4 Å². The fourth-order valence-corrected chi connectivity index (χ4v) is 4.02. The first-order valence-electron chi connectivity index (χ1n) is 8.14. The van der Waals surface area contributed by atoms with Crippen molar-refractivity contribution >= 4 is 38.6 Å². The molecule has 3 aromatic rings. The molecule has 0 aliphatic rings. The van der Waals surface area contributed by atoms with Crippen LogP contribution < -0.4 is 10.3 Å². The van der Waals surface area contributed by atoms with Crippen LogP contribution in [0.2, 0.25) is 0 Å². The number of thioether (sulfide) groups is 1. The van der Waals surface area contributed by atoms with Gasteiger partial charge in [0.25, 0.3) is 5.56 Å². The van der Waals surface area contributed by atoms with E-state index in [0.29, 0.717) is 27.5 Å². The van der Waals surface area contributed by atoms with Crippen LogP contribution >= 0.6 is 27.7 Å². The van der Waals surface area contributed by atoms with Crippen LogP contribution in [0.3, 0.4) is 0 Å². The molecule has 0 spiro atoms. The quantitative estimate of drug-likeness (QED) is 0.319. The Bertz CT molecular complexity index is 956. The van der Waals surface area contributed by atoms with Gasteiger partial charge in [-0.1, -0.05) is 53.2 Å². The lowest BCUT2D eigenvalue weighted by Gasteiger charge is -2.15. The lowest BCUT2D eigenvalue weighted by molar-refractivity contribution is 0.411. The van der Waals surface area contributed by atoms with E-state index in [9.17, 15) is 4.79 Å². The smallest absolute Gasteiger partial charge is 0.266 e. The molecule has 130 valence electrons. The topological polar surface area (TPSA) is 44.1 Å². The van der Waals surface area contributed by atoms with Crippen LogP contribution in [0.25, 0.3) is 16.6 Å². The van der Waals surface area contributed by atoms with Crippen molar-refractivity contribution in [3.8, 4) is 11.4 Å². The number of fused-ring (bicyclic) bond motifs is 1. The van der Waals surface area contributed by atoms with E-state index in [2.05, 4.69) is 22.9 Å². The first-order valence-corrected chi connectivity index (χ1v) is 9.92. The zero-order chi connectivity index (χ0) is 17.8. The van der Waals surface area contributed by atoms with Crippen molar-refractivity contribution in [3.05, 3.63) is 57.3 Å². The predicted molar refractivity (Wildman–Crippen MR) is 107 cm³/mol. The van der Waals surface area contributed by atoms with Gasteiger partial charge in [0, 0.05) is 10.2 Å². The SMILES string of the molecule is CCCCSc1nc2ccc(Br)cc2c(=O)n1-c1ccccc1OC. The van der Waals surface area contributed by atoms with Gasteiger partial charge in [-0.2, -0.15) is 0 Å². The number of para-hydroxylation sites is 2. The van der Waals surface area contributed by atoms with Crippen molar-refractivity contribution in [2.24, 2.45) is 0 Å². The minimum absolute atomic E-state index is 0.0881. The van der Waals surface area contributed by atoms with Gasteiger partial charge in [0.1, 0.15) is 5.75 Å². The van der Waals surface area contributed by atoms with Crippen molar-refractivity contribution < 1.29 is 4.74 Å². The summed E-state index contributed by atoms with van der Waals surface area (Å²) in [5, 5.41) is 1.28. The van der Waals surface area contributed by atoms with Crippen molar-refractivity contribution in [2.45, 2.75) is 24.9 Å². The van der Waals surface area contributed by atoms with Crippen LogP contribution in [0.4, 0.5) is 0 Å². The van der Waals surface area contributed by atoms with E-state index in [1.807, 2.05) is 42.5 Å². The Balaban J connectivity index is 2.27. The molecule has 4 nitrogen and oxygen atoms in total. The second-order valence-electron chi connectivity index (χ2n) is 5.57. The fraction of sp³-hybridized carbons (Fsp3) is 0.263. The summed E-state index contributed by atoms with van der Waals surface area (Å²) < 4.78 is 7.98. The maximum absolute atomic E-state index is 13.2. The van der Waals surface area contributed by atoms with Gasteiger partial charge < -0.3 is 4.74 Å². The molecule has 0 bridgehead atoms. The molecular formula is C19H19BrN2O2S. The molecule has 0 atom stereocenters. The van der Waals surface area contributed by atoms with Gasteiger partial charge in [-0.05, 0) is 36.8 Å². The normalized spacial score (nSPS) is 11.0. The molecule has 1 heterocycles. The first kappa shape index (κ1) is 18.0. The number of benzene rings is 2. The zero-order valence-corrected chi connectivity index (χ0v) is 16.6. The van der Waals surface area contributed by atoms with Crippen LogP contribution in [0.5, 0.6) is 5.75 Å². The zero-order valence-electron chi connectivity index (χ0n) is 14.2. The Labute approximate surface area is 159 Å². The average Bonchev–Trinajstić information content (AvgIpc) is 2.63. The minimum Gasteiger partial charge on any atom is -0.495 e. The van der Waals surface area contributed by atoms with Gasteiger partial charge >= 0.3 is 0 Å². The lowest BCUT2D eigenvalue weighted by atomic mass is 10.2. The number of rotatable bonds is 6. The Morgan fingerprint density at radius 1 is 1.24 bits per heavy atom. The number of hydrogen-bond donors (Lipinski definition) is 0. The van der Waals surface area contributed by atoms with Crippen LogP contribution in [0, 0.1) is 0 Å². The summed E-state index contributed by atoms with van der Waals surface area (Å²) in [6.07, 6.45) is 2.18. The highest BCUT2D eigenvalue weighted by atomic mass is 79.9. The molecule has 0 aliphatic heterocycles. The molecule has 0 fully saturated rings. The van der Waals surface area contributed by atoms with Crippen LogP contribution in [-0.4, -0.2) is 22.4 Å². The monoisotopic (exact) mass is 418 g/mol. The number of halogens is 1. The Kier molecular flexibility index (Phi) is 5.81. The molecule has 0 amide bonds. The highest BCUT2D eigenvalue weighted by Crippen LogP contribution is 2.28. The van der Waals surface area contributed by atoms with Crippen LogP contribution in [-0.2, 0) is 0 Å². The van der Waals surface area contributed by atoms with E-state index in [1.165, 1.54) is 0 Å². The number of ether oxygens (including phenoxy) is 1. The second-order valence-corrected chi connectivity index (χ2v) is 7.55. The predicted octanol–water partition coefficient (Wildman–Crippen LogP) is 5.05. The Hall–Kier alpha value is -1.79. The second kappa shape index (κ2) is 8.06. The lowest BCUT2D eigenvalue weighted by Crippen LogP contribution is -2.22. The standard InChI is InChI=1S/C19H19BrN2O2S/c1-3-4-11-25-19-21-15-10-9-13(20)12-14(15)18(23)22(19)16-7-5-6-8-17(16)24-2/h5-10,12H,3-4,11H2,1-2H3. The van der Waals surface area contributed by atoms with Crippen LogP contribution in [0.15, 0.2) is 56.9 Å². The summed E-state index contributed by atoms with van der Waals surface area (Å²) in [5.41, 5.74) is 1.33. The molecule has 3 rings (SSSR count). The summed E-state index contributed by atoms with van der Waals surface area (Å²) in [6.45, 7) is 2.15. The first-order chi connectivity index (χ1) is 12.2. The van der Waals surface area contributed by atoms with Crippen molar-refractivity contribution in [1.82, 2.24) is 9.55 Å². The molecule has 6 heteroatoms. The highest BCUT2D eigenvalue weighted by molar-refractivity contribution is 9.10. The number of aromatic nitrogens is 2. The highest BCUT2D eigenvalue weighted by Gasteiger charge is 2.16. The van der Waals surface area contributed by atoms with Gasteiger partial charge in [0.05, 0.1) is 23.7 Å². The van der Waals surface area contributed by atoms with E-state index in [-0.39, 0.29) is 5.56 Å². The molecule has 0 saturated carbocycles. The van der Waals surface area contributed by atoms with E-state index < -0.39 is 0 Å². The van der Waals surface area contributed by atoms with Crippen molar-refractivity contribution in [1.29, 1.82) is 0 Å². The summed E-state index contributed by atoms with van der Waals surface area (Å²) in [4.78, 5) is 18.0. The van der Waals surface area contributed by atoms with E-state index in [4.69, 9.17) is 9.72 Å². The molecule has 0 N–H and O–H groups in total. The van der Waals surface area contributed by atoms with Gasteiger partial charge in [0.2, 0.25) is 0 Å². The summed E-state index contributed by atoms with van der Waals surface area (Å²) in [6, 6.07) is 13.1. The van der Waals surface area contributed by atoms with E-state index in [0.717, 1.165) is 23.1 Å². The maximum atomic E-state index is 13.2. The number of methoxy groups -OCH3 is 1. The summed E-state index contributed by atoms with van der Waals surface area (Å²) >= 11 is 5.04. The van der Waals surface area contributed by atoms with Crippen molar-refractivity contribution in [2.75, 3.05) is 12.9 Å². The molecule has 0 saturated heterocycles. The molecule has 0 aliphatic carbocycles. The van der Waals surface area contributed by atoms with Gasteiger partial charge in [-0.3, -0.25) is 9.36 Å². The van der Waals surface area contributed by atoms with E-state index >= 15 is 0 Å². The Morgan fingerprint density at radius 2 is 2.04 bits per heavy atom. The molecule has 1 aromatic heterocycles. The average molecular weight is 419 g/mol. The molecule has 0 radical (unpaired) electrons. The molecular weight excluding hydrogens is 400 g/mol. The number of unbranched alkanes of at least 4 members (excludes halogenated alkanes) is 1. The minimum atomic E-state index is -0.0881. The molecule has 0 unspecified atom stereocenters. The van der Waals surface area contributed by atoms with Gasteiger partial charge in [-0.15, -0.1) is 0 Å². The summed E-state index contributed by atoms with van der Waals surface area (Å²) in [5.74, 6) is 1.57. The Morgan fingerprint density at radius 3 is 2.80 bits per heavy atom.